The van der Waals surface area contributed by atoms with Crippen LogP contribution in [0.1, 0.15) is 117 Å². The van der Waals surface area contributed by atoms with E-state index in [-0.39, 0.29) is 109 Å². The van der Waals surface area contributed by atoms with E-state index in [2.05, 4.69) is 11.7 Å². The zero-order chi connectivity index (χ0) is 17.2. The Morgan fingerprint density at radius 1 is 0.600 bits per heavy atom. The van der Waals surface area contributed by atoms with E-state index in [4.69, 9.17) is 0 Å². The molecule has 0 heterocycles. The van der Waals surface area contributed by atoms with E-state index >= 15 is 0 Å². The van der Waals surface area contributed by atoms with Gasteiger partial charge in [-0.3, -0.25) is 9.59 Å². The molecule has 0 radical (unpaired) electrons. The van der Waals surface area contributed by atoms with E-state index in [0.717, 1.165) is 12.8 Å². The summed E-state index contributed by atoms with van der Waals surface area (Å²) < 4.78 is 4.49. The molecule has 0 aromatic carbocycles. The van der Waals surface area contributed by atoms with Crippen LogP contribution in [0, 0.1) is 0 Å². The molecule has 0 aromatic rings. The van der Waals surface area contributed by atoms with Gasteiger partial charge in [-0.1, -0.05) is 96.8 Å². The molecule has 0 aromatic heterocycles. The number of hydrogen-bond donors (Lipinski definition) is 0. The van der Waals surface area contributed by atoms with Crippen molar-refractivity contribution in [3.63, 3.8) is 0 Å². The van der Waals surface area contributed by atoms with Crippen LogP contribution in [-0.2, 0) is 14.3 Å². The summed E-state index contributed by atoms with van der Waals surface area (Å²) in [6, 6.07) is 0. The third-order valence-electron chi connectivity index (χ3n) is 4.24. The van der Waals surface area contributed by atoms with Crippen molar-refractivity contribution in [2.45, 2.75) is 117 Å². The van der Waals surface area contributed by atoms with Gasteiger partial charge in [0.1, 0.15) is 0 Å². The molecule has 0 fully saturated rings. The number of ether oxygens (including phenoxy) is 1. The number of carbonyl (C=O) groups excluding carboxylic acids is 2. The number of hydrogen-bond acceptors (Lipinski definition) is 3. The molecule has 25 heavy (non-hydrogen) atoms. The molecule has 0 bridgehead atoms. The molecule has 0 aliphatic rings. The normalized spacial score (nSPS) is 9.84. The van der Waals surface area contributed by atoms with Gasteiger partial charge in [0, 0.05) is 13.3 Å². The second-order valence-electron chi connectivity index (χ2n) is 6.67. The van der Waals surface area contributed by atoms with Gasteiger partial charge in [-0.2, -0.15) is 0 Å². The predicted octanol–water partition coefficient (Wildman–Crippen LogP) is 5.04. The van der Waals surface area contributed by atoms with Gasteiger partial charge in [0.15, 0.2) is 0 Å². The van der Waals surface area contributed by atoms with Crippen molar-refractivity contribution in [2.75, 3.05) is 0 Å². The first-order valence-electron chi connectivity index (χ1n) is 9.88. The molecular weight excluding hydrogens is 366 g/mol. The number of carbonyl (C=O) groups is 2. The molecule has 3 nitrogen and oxygen atoms in total. The Morgan fingerprint density at radius 2 is 0.920 bits per heavy atom. The summed E-state index contributed by atoms with van der Waals surface area (Å²) in [4.78, 5) is 21.7. The Bertz CT molecular complexity index is 297. The van der Waals surface area contributed by atoms with Crippen molar-refractivity contribution >= 4 is 115 Å². The Kier molecular flexibility index (Phi) is 33.9. The van der Waals surface area contributed by atoms with Crippen molar-refractivity contribution in [1.29, 1.82) is 0 Å². The summed E-state index contributed by atoms with van der Waals surface area (Å²) in [7, 11) is 0. The van der Waals surface area contributed by atoms with E-state index < -0.39 is 5.97 Å². The fourth-order valence-electron chi connectivity index (χ4n) is 2.85. The van der Waals surface area contributed by atoms with Crippen LogP contribution in [0.3, 0.4) is 0 Å². The maximum atomic E-state index is 11.1. The quantitative estimate of drug-likeness (QED) is 0.156. The Balaban J connectivity index is -0.00000242. The van der Waals surface area contributed by atoms with E-state index in [1.807, 2.05) is 0 Å². The minimum atomic E-state index is -0.504. The number of rotatable bonds is 16. The van der Waals surface area contributed by atoms with E-state index in [9.17, 15) is 9.59 Å². The van der Waals surface area contributed by atoms with Crippen molar-refractivity contribution < 1.29 is 14.3 Å². The van der Waals surface area contributed by atoms with Crippen LogP contribution in [0.2, 0.25) is 0 Å². The fourth-order valence-corrected chi connectivity index (χ4v) is 2.85. The van der Waals surface area contributed by atoms with Crippen LogP contribution in [0.15, 0.2) is 0 Å². The van der Waals surface area contributed by atoms with Crippen LogP contribution in [0.4, 0.5) is 0 Å². The van der Waals surface area contributed by atoms with Crippen molar-refractivity contribution in [2.24, 2.45) is 0 Å². The zero-order valence-electron chi connectivity index (χ0n) is 15.5. The summed E-state index contributed by atoms with van der Waals surface area (Å²) in [6.07, 6.45) is 20.0. The molecule has 0 aliphatic heterocycles. The first kappa shape index (κ1) is 32.1. The Morgan fingerprint density at radius 3 is 1.24 bits per heavy atom. The van der Waals surface area contributed by atoms with Gasteiger partial charge in [0.2, 0.25) is 0 Å². The summed E-state index contributed by atoms with van der Waals surface area (Å²) in [5.41, 5.74) is 0. The van der Waals surface area contributed by atoms with E-state index in [1.165, 1.54) is 90.4 Å². The SMILES string of the molecule is CCCCCCCCCCCCCCCCCC(=O)OC(C)=O.[KH].[KH]. The van der Waals surface area contributed by atoms with Gasteiger partial charge < -0.3 is 4.74 Å². The van der Waals surface area contributed by atoms with E-state index in [0.29, 0.717) is 6.42 Å². The van der Waals surface area contributed by atoms with Crippen LogP contribution >= 0.6 is 0 Å². The maximum absolute atomic E-state index is 11.1. The number of esters is 2. The molecule has 0 atom stereocenters. The standard InChI is InChI=1S/C20H38O3.2K.2H/c1-3-4-5-6-7-8-9-10-11-12-13-14-15-16-17-18-20(22)23-19(2)21;;;;/h3-18H2,1-2H3;;;;. The fraction of sp³-hybridized carbons (Fsp3) is 0.900. The molecule has 5 heteroatoms. The van der Waals surface area contributed by atoms with Gasteiger partial charge in [-0.15, -0.1) is 0 Å². The van der Waals surface area contributed by atoms with E-state index in [1.54, 1.807) is 0 Å². The molecule has 140 valence electrons. The first-order valence-corrected chi connectivity index (χ1v) is 9.88. The molecule has 0 aliphatic carbocycles. The van der Waals surface area contributed by atoms with Gasteiger partial charge >= 0.3 is 115 Å². The monoisotopic (exact) mass is 406 g/mol. The van der Waals surface area contributed by atoms with Crippen LogP contribution in [0.25, 0.3) is 0 Å². The van der Waals surface area contributed by atoms with Crippen LogP contribution in [0.5, 0.6) is 0 Å². The average Bonchev–Trinajstić information content (AvgIpc) is 2.50. The second kappa shape index (κ2) is 26.4. The summed E-state index contributed by atoms with van der Waals surface area (Å²) in [5.74, 6) is -0.886. The molecule has 0 unspecified atom stereocenters. The summed E-state index contributed by atoms with van der Waals surface area (Å²) in [5, 5.41) is 0. The molecule has 0 rings (SSSR count). The molecule has 0 amide bonds. The average molecular weight is 407 g/mol. The summed E-state index contributed by atoms with van der Waals surface area (Å²) in [6.45, 7) is 3.53. The van der Waals surface area contributed by atoms with Gasteiger partial charge in [0.25, 0.3) is 0 Å². The van der Waals surface area contributed by atoms with Crippen molar-refractivity contribution in [1.82, 2.24) is 0 Å². The third kappa shape index (κ3) is 28.7. The Hall–Kier alpha value is 2.41. The first-order chi connectivity index (χ1) is 11.2. The molecule has 0 saturated heterocycles. The molecule has 0 saturated carbocycles. The molecule has 0 N–H and O–H groups in total. The molecule has 0 spiro atoms. The van der Waals surface area contributed by atoms with Crippen molar-refractivity contribution in [3.05, 3.63) is 0 Å². The molecular formula is C20H40K2O3. The topological polar surface area (TPSA) is 43.4 Å². The number of unbranched alkanes of at least 4 members (excludes halogenated alkanes) is 14. The van der Waals surface area contributed by atoms with Crippen LogP contribution in [-0.4, -0.2) is 115 Å². The predicted molar refractivity (Wildman–Crippen MR) is 111 cm³/mol. The third-order valence-corrected chi connectivity index (χ3v) is 4.24. The second-order valence-corrected chi connectivity index (χ2v) is 6.67. The van der Waals surface area contributed by atoms with Gasteiger partial charge in [-0.25, -0.2) is 0 Å². The summed E-state index contributed by atoms with van der Waals surface area (Å²) >= 11 is 0. The van der Waals surface area contributed by atoms with Gasteiger partial charge in [-0.05, 0) is 6.42 Å². The Labute approximate surface area is 241 Å². The minimum absolute atomic E-state index is 0. The van der Waals surface area contributed by atoms with Crippen LogP contribution < -0.4 is 0 Å². The van der Waals surface area contributed by atoms with Gasteiger partial charge in [0.05, 0.1) is 0 Å². The zero-order valence-corrected chi connectivity index (χ0v) is 15.5. The van der Waals surface area contributed by atoms with Crippen molar-refractivity contribution in [3.8, 4) is 0 Å².